The number of carbonyl (C=O) groups is 2. The Hall–Kier alpha value is -2.71. The summed E-state index contributed by atoms with van der Waals surface area (Å²) in [5.41, 5.74) is 0.387. The molecule has 1 N–H and O–H groups in total. The van der Waals surface area contributed by atoms with E-state index in [4.69, 9.17) is 5.11 Å². The van der Waals surface area contributed by atoms with Crippen LogP contribution in [0.1, 0.15) is 65.2 Å². The Balaban J connectivity index is 1.42. The molecule has 1 unspecified atom stereocenters. The van der Waals surface area contributed by atoms with Crippen LogP contribution >= 0.6 is 0 Å². The second kappa shape index (κ2) is 6.30. The van der Waals surface area contributed by atoms with Gasteiger partial charge in [-0.15, -0.1) is 5.10 Å². The summed E-state index contributed by atoms with van der Waals surface area (Å²) in [7, 11) is 0. The Morgan fingerprint density at radius 2 is 1.88 bits per heavy atom. The van der Waals surface area contributed by atoms with Gasteiger partial charge in [0.15, 0.2) is 5.69 Å². The maximum atomic E-state index is 12.7. The van der Waals surface area contributed by atoms with Gasteiger partial charge in [-0.25, -0.2) is 9.48 Å². The molecule has 3 heterocycles. The van der Waals surface area contributed by atoms with Crippen LogP contribution in [0.2, 0.25) is 0 Å². The standard InChI is InChI=1S/C16H20N6O3/c23-15(13-6-8-21(18-13)11-3-1-2-4-11)20-7-5-12(9-20)22-10-14(16(24)25)17-19-22/h6,8,10-12H,1-5,7,9H2,(H,24,25). The minimum Gasteiger partial charge on any atom is -0.476 e. The highest BCUT2D eigenvalue weighted by atomic mass is 16.4. The molecule has 2 aromatic heterocycles. The third-order valence-electron chi connectivity index (χ3n) is 5.08. The number of carboxylic acid groups (broad SMARTS) is 1. The first kappa shape index (κ1) is 15.8. The summed E-state index contributed by atoms with van der Waals surface area (Å²) in [6.07, 6.45) is 8.72. The fourth-order valence-corrected chi connectivity index (χ4v) is 3.68. The summed E-state index contributed by atoms with van der Waals surface area (Å²) in [4.78, 5) is 25.3. The van der Waals surface area contributed by atoms with E-state index in [1.165, 1.54) is 23.7 Å². The number of aromatic carboxylic acids is 1. The van der Waals surface area contributed by atoms with Crippen LogP contribution in [0.4, 0.5) is 0 Å². The first-order valence-electron chi connectivity index (χ1n) is 8.61. The molecule has 0 radical (unpaired) electrons. The minimum absolute atomic E-state index is 0.0542. The van der Waals surface area contributed by atoms with Gasteiger partial charge in [0, 0.05) is 19.3 Å². The maximum absolute atomic E-state index is 12.7. The maximum Gasteiger partial charge on any atom is 0.358 e. The molecule has 1 atom stereocenters. The smallest absolute Gasteiger partial charge is 0.358 e. The Kier molecular flexibility index (Phi) is 3.98. The fourth-order valence-electron chi connectivity index (χ4n) is 3.68. The Bertz CT molecular complexity index is 791. The summed E-state index contributed by atoms with van der Waals surface area (Å²) in [5, 5.41) is 20.9. The number of likely N-dealkylation sites (tertiary alicyclic amines) is 1. The highest BCUT2D eigenvalue weighted by Gasteiger charge is 2.30. The molecule has 2 aromatic rings. The monoisotopic (exact) mass is 344 g/mol. The largest absolute Gasteiger partial charge is 0.476 e. The first-order valence-corrected chi connectivity index (χ1v) is 8.61. The van der Waals surface area contributed by atoms with E-state index in [0.717, 1.165) is 19.3 Å². The SMILES string of the molecule is O=C(O)c1cn(C2CCN(C(=O)c3ccn(C4CCCC4)n3)C2)nn1. The number of nitrogens with zero attached hydrogens (tertiary/aromatic N) is 6. The summed E-state index contributed by atoms with van der Waals surface area (Å²) in [6, 6.07) is 2.14. The molecular weight excluding hydrogens is 324 g/mol. The van der Waals surface area contributed by atoms with Crippen LogP contribution in [0.25, 0.3) is 0 Å². The lowest BCUT2D eigenvalue weighted by atomic mass is 10.3. The molecule has 2 aliphatic rings. The van der Waals surface area contributed by atoms with Gasteiger partial charge < -0.3 is 10.0 Å². The second-order valence-electron chi connectivity index (χ2n) is 6.70. The van der Waals surface area contributed by atoms with Crippen LogP contribution < -0.4 is 0 Å². The van der Waals surface area contributed by atoms with Crippen molar-refractivity contribution in [1.29, 1.82) is 0 Å². The molecule has 4 rings (SSSR count). The molecule has 25 heavy (non-hydrogen) atoms. The van der Waals surface area contributed by atoms with Crippen LogP contribution in [0.5, 0.6) is 0 Å². The predicted molar refractivity (Wildman–Crippen MR) is 86.3 cm³/mol. The van der Waals surface area contributed by atoms with E-state index in [2.05, 4.69) is 15.4 Å². The topological polar surface area (TPSA) is 106 Å². The van der Waals surface area contributed by atoms with Crippen molar-refractivity contribution < 1.29 is 14.7 Å². The normalized spacial score (nSPS) is 21.1. The number of aromatic nitrogens is 5. The van der Waals surface area contributed by atoms with Crippen molar-refractivity contribution in [3.63, 3.8) is 0 Å². The molecule has 9 heteroatoms. The number of carboxylic acids is 1. The zero-order chi connectivity index (χ0) is 17.4. The number of amides is 1. The van der Waals surface area contributed by atoms with Gasteiger partial charge in [-0.3, -0.25) is 9.48 Å². The molecule has 1 amide bonds. The lowest BCUT2D eigenvalue weighted by Crippen LogP contribution is -2.29. The second-order valence-corrected chi connectivity index (χ2v) is 6.70. The van der Waals surface area contributed by atoms with Gasteiger partial charge in [0.2, 0.25) is 0 Å². The lowest BCUT2D eigenvalue weighted by molar-refractivity contribution is 0.0689. The average Bonchev–Trinajstić information content (AvgIpc) is 3.42. The van der Waals surface area contributed by atoms with Crippen LogP contribution in [0.3, 0.4) is 0 Å². The molecule has 1 aliphatic heterocycles. The zero-order valence-electron chi connectivity index (χ0n) is 13.8. The van der Waals surface area contributed by atoms with Crippen molar-refractivity contribution in [2.75, 3.05) is 13.1 Å². The predicted octanol–water partition coefficient (Wildman–Crippen LogP) is 1.38. The van der Waals surface area contributed by atoms with Gasteiger partial charge in [-0.1, -0.05) is 18.1 Å². The third kappa shape index (κ3) is 3.01. The van der Waals surface area contributed by atoms with E-state index in [0.29, 0.717) is 24.8 Å². The summed E-state index contributed by atoms with van der Waals surface area (Å²) in [5.74, 6) is -1.19. The molecule has 2 fully saturated rings. The summed E-state index contributed by atoms with van der Waals surface area (Å²) in [6.45, 7) is 1.08. The van der Waals surface area contributed by atoms with Crippen molar-refractivity contribution >= 4 is 11.9 Å². The molecule has 1 saturated heterocycles. The number of carbonyl (C=O) groups excluding carboxylic acids is 1. The Labute approximate surface area is 144 Å². The first-order chi connectivity index (χ1) is 12.1. The summed E-state index contributed by atoms with van der Waals surface area (Å²) >= 11 is 0. The van der Waals surface area contributed by atoms with E-state index in [1.807, 2.05) is 10.9 Å². The van der Waals surface area contributed by atoms with Crippen molar-refractivity contribution in [1.82, 2.24) is 29.7 Å². The van der Waals surface area contributed by atoms with Gasteiger partial charge in [0.25, 0.3) is 5.91 Å². The molecule has 1 aliphatic carbocycles. The van der Waals surface area contributed by atoms with Gasteiger partial charge in [-0.2, -0.15) is 5.10 Å². The number of rotatable bonds is 4. The molecule has 0 spiro atoms. The van der Waals surface area contributed by atoms with Crippen LogP contribution in [0, 0.1) is 0 Å². The molecule has 0 bridgehead atoms. The van der Waals surface area contributed by atoms with E-state index < -0.39 is 5.97 Å². The van der Waals surface area contributed by atoms with Gasteiger partial charge in [0.1, 0.15) is 5.69 Å². The van der Waals surface area contributed by atoms with Crippen molar-refractivity contribution in [3.05, 3.63) is 29.8 Å². The van der Waals surface area contributed by atoms with E-state index >= 15 is 0 Å². The van der Waals surface area contributed by atoms with E-state index in [9.17, 15) is 9.59 Å². The third-order valence-corrected chi connectivity index (χ3v) is 5.08. The highest BCUT2D eigenvalue weighted by Crippen LogP contribution is 2.29. The number of hydrogen-bond acceptors (Lipinski definition) is 5. The van der Waals surface area contributed by atoms with Gasteiger partial charge in [0.05, 0.1) is 18.3 Å². The highest BCUT2D eigenvalue weighted by molar-refractivity contribution is 5.92. The zero-order valence-corrected chi connectivity index (χ0v) is 13.8. The van der Waals surface area contributed by atoms with Gasteiger partial charge in [-0.05, 0) is 25.3 Å². The Morgan fingerprint density at radius 3 is 2.60 bits per heavy atom. The molecule has 9 nitrogen and oxygen atoms in total. The van der Waals surface area contributed by atoms with Gasteiger partial charge >= 0.3 is 5.97 Å². The van der Waals surface area contributed by atoms with Crippen molar-refractivity contribution in [2.45, 2.75) is 44.2 Å². The lowest BCUT2D eigenvalue weighted by Gasteiger charge is -2.15. The fraction of sp³-hybridized carbons (Fsp3) is 0.562. The quantitative estimate of drug-likeness (QED) is 0.898. The molecular formula is C16H20N6O3. The van der Waals surface area contributed by atoms with Crippen LogP contribution in [0.15, 0.2) is 18.5 Å². The van der Waals surface area contributed by atoms with Crippen LogP contribution in [-0.4, -0.2) is 59.7 Å². The Morgan fingerprint density at radius 1 is 1.08 bits per heavy atom. The van der Waals surface area contributed by atoms with Crippen molar-refractivity contribution in [3.8, 4) is 0 Å². The van der Waals surface area contributed by atoms with Crippen LogP contribution in [-0.2, 0) is 0 Å². The molecule has 1 saturated carbocycles. The minimum atomic E-state index is -1.10. The number of hydrogen-bond donors (Lipinski definition) is 1. The molecule has 132 valence electrons. The summed E-state index contributed by atoms with van der Waals surface area (Å²) < 4.78 is 3.46. The van der Waals surface area contributed by atoms with Crippen molar-refractivity contribution in [2.24, 2.45) is 0 Å². The van der Waals surface area contributed by atoms with E-state index in [1.54, 1.807) is 11.0 Å². The van der Waals surface area contributed by atoms with E-state index in [-0.39, 0.29) is 17.6 Å². The average molecular weight is 344 g/mol. The molecule has 0 aromatic carbocycles.